The van der Waals surface area contributed by atoms with Gasteiger partial charge in [-0.2, -0.15) is 0 Å². The van der Waals surface area contributed by atoms with Gasteiger partial charge in [-0.1, -0.05) is 19.4 Å². The van der Waals surface area contributed by atoms with E-state index in [2.05, 4.69) is 4.99 Å². The number of cyclic esters (lactones) is 1. The van der Waals surface area contributed by atoms with Gasteiger partial charge in [0.2, 0.25) is 0 Å². The minimum atomic E-state index is -1.08. The van der Waals surface area contributed by atoms with Gasteiger partial charge in [0.25, 0.3) is 0 Å². The first-order valence-electron chi connectivity index (χ1n) is 8.38. The highest BCUT2D eigenvalue weighted by Crippen LogP contribution is 2.44. The van der Waals surface area contributed by atoms with E-state index in [1.807, 2.05) is 13.0 Å². The van der Waals surface area contributed by atoms with Crippen LogP contribution in [0.5, 0.6) is 11.5 Å². The number of carbonyl (C=O) groups is 2. The van der Waals surface area contributed by atoms with Gasteiger partial charge in [0, 0.05) is 19.3 Å². The van der Waals surface area contributed by atoms with E-state index in [0.717, 1.165) is 12.0 Å². The summed E-state index contributed by atoms with van der Waals surface area (Å²) in [5.74, 6) is 0.649. The molecular weight excluding hydrogens is 322 g/mol. The lowest BCUT2D eigenvalue weighted by atomic mass is 9.74. The van der Waals surface area contributed by atoms with Gasteiger partial charge >= 0.3 is 5.97 Å². The number of hydrogen-bond donors (Lipinski definition) is 0. The summed E-state index contributed by atoms with van der Waals surface area (Å²) in [5, 5.41) is 0. The molecule has 0 amide bonds. The summed E-state index contributed by atoms with van der Waals surface area (Å²) in [6.07, 6.45) is 1.45. The first kappa shape index (κ1) is 19.0. The van der Waals surface area contributed by atoms with Gasteiger partial charge < -0.3 is 19.0 Å². The van der Waals surface area contributed by atoms with Crippen molar-refractivity contribution in [2.45, 2.75) is 51.5 Å². The molecule has 136 valence electrons. The second kappa shape index (κ2) is 7.68. The third-order valence-corrected chi connectivity index (χ3v) is 4.46. The number of carbonyl (C=O) groups excluding carboxylic acids is 2. The number of nitrogens with zero attached hydrogens (tertiary/aromatic N) is 1. The molecule has 1 heterocycles. The van der Waals surface area contributed by atoms with E-state index in [-0.39, 0.29) is 12.2 Å². The Balaban J connectivity index is 2.59. The lowest BCUT2D eigenvalue weighted by Gasteiger charge is -2.31. The summed E-state index contributed by atoms with van der Waals surface area (Å²) in [5.41, 5.74) is -0.277. The molecule has 6 nitrogen and oxygen atoms in total. The second-order valence-corrected chi connectivity index (χ2v) is 6.27. The zero-order valence-electron chi connectivity index (χ0n) is 15.4. The van der Waals surface area contributed by atoms with E-state index < -0.39 is 17.4 Å². The third-order valence-electron chi connectivity index (χ3n) is 4.46. The third kappa shape index (κ3) is 3.67. The maximum absolute atomic E-state index is 12.7. The Kier molecular flexibility index (Phi) is 5.82. The Morgan fingerprint density at radius 2 is 1.96 bits per heavy atom. The highest BCUT2D eigenvalue weighted by Gasteiger charge is 2.51. The fraction of sp³-hybridized carbons (Fsp3) is 0.526. The molecule has 0 radical (unpaired) electrons. The van der Waals surface area contributed by atoms with Crippen molar-refractivity contribution < 1.29 is 23.8 Å². The lowest BCUT2D eigenvalue weighted by molar-refractivity contribution is -0.140. The van der Waals surface area contributed by atoms with Crippen molar-refractivity contribution in [3.8, 4) is 11.5 Å². The highest BCUT2D eigenvalue weighted by atomic mass is 16.6. The van der Waals surface area contributed by atoms with Gasteiger partial charge in [-0.15, -0.1) is 0 Å². The molecule has 0 spiro atoms. The van der Waals surface area contributed by atoms with Crippen molar-refractivity contribution in [1.29, 1.82) is 0 Å². The van der Waals surface area contributed by atoms with Crippen LogP contribution in [-0.2, 0) is 14.3 Å². The normalized spacial score (nSPS) is 20.7. The van der Waals surface area contributed by atoms with E-state index in [1.165, 1.54) is 6.92 Å². The molecule has 1 aliphatic rings. The van der Waals surface area contributed by atoms with Gasteiger partial charge in [0.15, 0.2) is 22.9 Å². The van der Waals surface area contributed by atoms with Gasteiger partial charge in [-0.05, 0) is 31.0 Å². The number of Topliss-reactive ketones (excluding diaryl/α,β-unsaturated/α-hetero) is 1. The van der Waals surface area contributed by atoms with E-state index >= 15 is 0 Å². The van der Waals surface area contributed by atoms with Crippen molar-refractivity contribution in [1.82, 2.24) is 0 Å². The minimum absolute atomic E-state index is 0.0113. The topological polar surface area (TPSA) is 74.2 Å². The molecule has 6 heteroatoms. The average molecular weight is 347 g/mol. The lowest BCUT2D eigenvalue weighted by Crippen LogP contribution is -2.41. The zero-order valence-corrected chi connectivity index (χ0v) is 15.4. The number of ether oxygens (including phenoxy) is 3. The SMILES string of the molecule is CCC[C@]1([C@H](CC(C)=O)c2ccc(OC)c(OC)c2)N=C(C)OC1=O. The van der Waals surface area contributed by atoms with E-state index in [9.17, 15) is 9.59 Å². The molecule has 0 N–H and O–H groups in total. The van der Waals surface area contributed by atoms with Crippen LogP contribution in [0.1, 0.15) is 51.5 Å². The molecule has 0 bridgehead atoms. The monoisotopic (exact) mass is 347 g/mol. The summed E-state index contributed by atoms with van der Waals surface area (Å²) in [7, 11) is 3.11. The summed E-state index contributed by atoms with van der Waals surface area (Å²) in [4.78, 5) is 29.1. The second-order valence-electron chi connectivity index (χ2n) is 6.27. The first-order valence-corrected chi connectivity index (χ1v) is 8.38. The van der Waals surface area contributed by atoms with Crippen molar-refractivity contribution >= 4 is 17.7 Å². The standard InChI is InChI=1S/C19H25NO5/c1-6-9-19(18(22)25-13(3)20-19)15(10-12(2)21)14-7-8-16(23-4)17(11-14)24-5/h7-8,11,15H,6,9-10H2,1-5H3/t15-,19-/m1/s1. The molecule has 2 rings (SSSR count). The van der Waals surface area contributed by atoms with Crippen LogP contribution in [-0.4, -0.2) is 37.4 Å². The Hall–Kier alpha value is -2.37. The fourth-order valence-corrected chi connectivity index (χ4v) is 3.42. The molecule has 1 aromatic rings. The van der Waals surface area contributed by atoms with Gasteiger partial charge in [0.05, 0.1) is 14.2 Å². The minimum Gasteiger partial charge on any atom is -0.493 e. The maximum atomic E-state index is 12.7. The number of benzene rings is 1. The molecule has 0 fully saturated rings. The summed E-state index contributed by atoms with van der Waals surface area (Å²) >= 11 is 0. The molecule has 0 aromatic heterocycles. The van der Waals surface area contributed by atoms with Crippen LogP contribution in [0.4, 0.5) is 0 Å². The molecule has 0 aliphatic carbocycles. The van der Waals surface area contributed by atoms with E-state index in [1.54, 1.807) is 33.3 Å². The number of esters is 1. The molecular formula is C19H25NO5. The van der Waals surface area contributed by atoms with Crippen LogP contribution in [0.25, 0.3) is 0 Å². The fourth-order valence-electron chi connectivity index (χ4n) is 3.42. The largest absolute Gasteiger partial charge is 0.493 e. The Bertz CT molecular complexity index is 697. The van der Waals surface area contributed by atoms with Crippen LogP contribution in [0.2, 0.25) is 0 Å². The molecule has 0 saturated carbocycles. The number of hydrogen-bond acceptors (Lipinski definition) is 6. The molecule has 25 heavy (non-hydrogen) atoms. The van der Waals surface area contributed by atoms with Crippen LogP contribution >= 0.6 is 0 Å². The van der Waals surface area contributed by atoms with Crippen molar-refractivity contribution in [3.05, 3.63) is 23.8 Å². The van der Waals surface area contributed by atoms with Gasteiger partial charge in [-0.3, -0.25) is 0 Å². The predicted octanol–water partition coefficient (Wildman–Crippen LogP) is 3.28. The molecule has 0 unspecified atom stereocenters. The Morgan fingerprint density at radius 1 is 1.28 bits per heavy atom. The summed E-state index contributed by atoms with van der Waals surface area (Å²) < 4.78 is 15.9. The Morgan fingerprint density at radius 3 is 2.44 bits per heavy atom. The quantitative estimate of drug-likeness (QED) is 0.675. The number of ketones is 1. The molecule has 1 aromatic carbocycles. The summed E-state index contributed by atoms with van der Waals surface area (Å²) in [6.45, 7) is 5.16. The van der Waals surface area contributed by atoms with Crippen molar-refractivity contribution in [3.63, 3.8) is 0 Å². The van der Waals surface area contributed by atoms with E-state index in [0.29, 0.717) is 23.8 Å². The van der Waals surface area contributed by atoms with Crippen molar-refractivity contribution in [2.75, 3.05) is 14.2 Å². The molecule has 1 aliphatic heterocycles. The number of methoxy groups -OCH3 is 2. The zero-order chi connectivity index (χ0) is 18.6. The van der Waals surface area contributed by atoms with Gasteiger partial charge in [-0.25, -0.2) is 9.79 Å². The van der Waals surface area contributed by atoms with Crippen LogP contribution in [0, 0.1) is 0 Å². The molecule has 2 atom stereocenters. The van der Waals surface area contributed by atoms with E-state index in [4.69, 9.17) is 14.2 Å². The van der Waals surface area contributed by atoms with Crippen molar-refractivity contribution in [2.24, 2.45) is 4.99 Å². The number of aliphatic imine (C=N–C) groups is 1. The first-order chi connectivity index (χ1) is 11.9. The average Bonchev–Trinajstić information content (AvgIpc) is 2.86. The van der Waals surface area contributed by atoms with Crippen LogP contribution in [0.3, 0.4) is 0 Å². The smallest absolute Gasteiger partial charge is 0.341 e. The van der Waals surface area contributed by atoms with Crippen LogP contribution < -0.4 is 9.47 Å². The molecule has 0 saturated heterocycles. The Labute approximate surface area is 148 Å². The highest BCUT2D eigenvalue weighted by molar-refractivity contribution is 6.00. The predicted molar refractivity (Wildman–Crippen MR) is 94.4 cm³/mol. The van der Waals surface area contributed by atoms with Gasteiger partial charge in [0.1, 0.15) is 5.78 Å². The maximum Gasteiger partial charge on any atom is 0.341 e. The summed E-state index contributed by atoms with van der Waals surface area (Å²) in [6, 6.07) is 5.43. The number of rotatable bonds is 8. The van der Waals surface area contributed by atoms with Crippen LogP contribution in [0.15, 0.2) is 23.2 Å².